The van der Waals surface area contributed by atoms with Gasteiger partial charge in [0.05, 0.1) is 0 Å². The molecule has 2 nitrogen and oxygen atoms in total. The minimum absolute atomic E-state index is 0. The van der Waals surface area contributed by atoms with Gasteiger partial charge >= 0.3 is 58.2 Å². The Morgan fingerprint density at radius 3 is 2.69 bits per heavy atom. The van der Waals surface area contributed by atoms with E-state index in [0.29, 0.717) is 5.89 Å². The van der Waals surface area contributed by atoms with Crippen molar-refractivity contribution in [2.45, 2.75) is 20.8 Å². The summed E-state index contributed by atoms with van der Waals surface area (Å²) >= 11 is 0. The van der Waals surface area contributed by atoms with Crippen molar-refractivity contribution in [3.63, 3.8) is 0 Å². The molecule has 2 aromatic rings. The van der Waals surface area contributed by atoms with Gasteiger partial charge in [-0.05, 0) is 5.52 Å². The molecule has 2 rings (SSSR count). The van der Waals surface area contributed by atoms with Gasteiger partial charge in [0.2, 0.25) is 0 Å². The maximum absolute atomic E-state index is 5.23. The van der Waals surface area contributed by atoms with E-state index in [4.69, 9.17) is 4.42 Å². The van der Waals surface area contributed by atoms with Crippen LogP contribution in [0.3, 0.4) is 0 Å². The molecule has 0 aliphatic heterocycles. The number of fused-ring (bicyclic) bond motifs is 1. The number of nitrogens with zero attached hydrogens (tertiary/aromatic N) is 1. The second-order valence-corrected chi connectivity index (χ2v) is 2.13. The van der Waals surface area contributed by atoms with Crippen LogP contribution in [0.5, 0.6) is 0 Å². The van der Waals surface area contributed by atoms with E-state index < -0.39 is 0 Å². The smallest absolute Gasteiger partial charge is 0.504 e. The van der Waals surface area contributed by atoms with Crippen LogP contribution < -0.4 is 58.2 Å². The molecule has 1 aromatic carbocycles. The average molecular weight is 248 g/mol. The maximum Gasteiger partial charge on any atom is 1.00 e. The molecule has 0 saturated heterocycles. The van der Waals surface area contributed by atoms with Crippen LogP contribution in [0.2, 0.25) is 0 Å². The predicted molar refractivity (Wildman–Crippen MR) is 48.9 cm³/mol. The third-order valence-corrected chi connectivity index (χ3v) is 1.34. The van der Waals surface area contributed by atoms with Crippen LogP contribution >= 0.6 is 0 Å². The molecule has 0 saturated carbocycles. The minimum atomic E-state index is 0. The Morgan fingerprint density at radius 2 is 2.08 bits per heavy atom. The van der Waals surface area contributed by atoms with Gasteiger partial charge in [0.15, 0.2) is 5.89 Å². The first kappa shape index (κ1) is 13.5. The first-order valence-corrected chi connectivity index (χ1v) is 4.09. The molecule has 0 amide bonds. The summed E-state index contributed by atoms with van der Waals surface area (Å²) < 4.78 is 5.23. The quantitative estimate of drug-likeness (QED) is 0.611. The SMILES string of the molecule is CC.Cc1nc2cc[c-]cc2o1.[Rb+]. The van der Waals surface area contributed by atoms with E-state index in [-0.39, 0.29) is 58.2 Å². The molecule has 0 bridgehead atoms. The van der Waals surface area contributed by atoms with Crippen molar-refractivity contribution in [1.29, 1.82) is 0 Å². The molecule has 0 unspecified atom stereocenters. The fourth-order valence-electron chi connectivity index (χ4n) is 0.933. The number of hydrogen-bond donors (Lipinski definition) is 0. The van der Waals surface area contributed by atoms with Crippen molar-refractivity contribution in [2.75, 3.05) is 0 Å². The Labute approximate surface area is 128 Å². The van der Waals surface area contributed by atoms with E-state index >= 15 is 0 Å². The van der Waals surface area contributed by atoms with Crippen molar-refractivity contribution in [3.8, 4) is 0 Å². The topological polar surface area (TPSA) is 26.0 Å². The molecule has 3 heteroatoms. The fourth-order valence-corrected chi connectivity index (χ4v) is 0.933. The van der Waals surface area contributed by atoms with Gasteiger partial charge in [-0.2, -0.15) is 12.1 Å². The van der Waals surface area contributed by atoms with Crippen LogP contribution in [0.4, 0.5) is 0 Å². The van der Waals surface area contributed by atoms with Crippen LogP contribution in [0.15, 0.2) is 22.6 Å². The van der Waals surface area contributed by atoms with Gasteiger partial charge in [-0.1, -0.05) is 13.8 Å². The van der Waals surface area contributed by atoms with E-state index in [1.807, 2.05) is 32.9 Å². The molecule has 1 aromatic heterocycles. The first-order chi connectivity index (χ1) is 5.86. The van der Waals surface area contributed by atoms with Crippen LogP contribution in [-0.2, 0) is 0 Å². The standard InChI is InChI=1S/C8H6NO.C2H6.Rb/c1-6-9-7-4-2-3-5-8(7)10-6;1-2;/h2,4-5H,1H3;1-2H3;/q-1;;+1. The van der Waals surface area contributed by atoms with Gasteiger partial charge in [0.1, 0.15) is 0 Å². The van der Waals surface area contributed by atoms with E-state index in [9.17, 15) is 0 Å². The van der Waals surface area contributed by atoms with Crippen molar-refractivity contribution in [1.82, 2.24) is 4.98 Å². The average Bonchev–Trinajstić information content (AvgIpc) is 2.48. The Bertz CT molecular complexity index is 323. The summed E-state index contributed by atoms with van der Waals surface area (Å²) in [5, 5.41) is 0. The van der Waals surface area contributed by atoms with Crippen molar-refractivity contribution in [3.05, 3.63) is 30.2 Å². The van der Waals surface area contributed by atoms with Gasteiger partial charge < -0.3 is 4.42 Å². The minimum Gasteiger partial charge on any atom is -0.504 e. The molecule has 13 heavy (non-hydrogen) atoms. The molecule has 0 radical (unpaired) electrons. The zero-order chi connectivity index (χ0) is 8.97. The molecule has 0 fully saturated rings. The number of oxazole rings is 1. The number of rotatable bonds is 0. The molecule has 1 heterocycles. The molecule has 0 aliphatic carbocycles. The molecule has 0 aliphatic rings. The van der Waals surface area contributed by atoms with E-state index in [1.54, 1.807) is 6.07 Å². The predicted octanol–water partition coefficient (Wildman–Crippen LogP) is -0.0334. The molecule has 0 spiro atoms. The van der Waals surface area contributed by atoms with Gasteiger partial charge in [-0.25, -0.2) is 4.98 Å². The van der Waals surface area contributed by atoms with E-state index in [2.05, 4.69) is 11.1 Å². The van der Waals surface area contributed by atoms with E-state index in [1.165, 1.54) is 0 Å². The fraction of sp³-hybridized carbons (Fsp3) is 0.300. The van der Waals surface area contributed by atoms with Crippen LogP contribution in [0.25, 0.3) is 11.1 Å². The van der Waals surface area contributed by atoms with Gasteiger partial charge in [-0.15, -0.1) is 12.1 Å². The molecular formula is C10H12NORb. The summed E-state index contributed by atoms with van der Waals surface area (Å²) in [5.41, 5.74) is 1.70. The maximum atomic E-state index is 5.23. The third kappa shape index (κ3) is 3.62. The van der Waals surface area contributed by atoms with Crippen LogP contribution in [0, 0.1) is 13.0 Å². The Balaban J connectivity index is 0.000000451. The van der Waals surface area contributed by atoms with Crippen molar-refractivity contribution >= 4 is 11.1 Å². The summed E-state index contributed by atoms with van der Waals surface area (Å²) in [4.78, 5) is 4.13. The zero-order valence-electron chi connectivity index (χ0n) is 8.59. The first-order valence-electron chi connectivity index (χ1n) is 4.09. The molecule has 0 atom stereocenters. The normalized spacial score (nSPS) is 8.54. The second kappa shape index (κ2) is 6.88. The summed E-state index contributed by atoms with van der Waals surface area (Å²) in [6.07, 6.45) is 0. The molecule has 0 N–H and O–H groups in total. The van der Waals surface area contributed by atoms with Gasteiger partial charge in [0, 0.05) is 12.5 Å². The second-order valence-electron chi connectivity index (χ2n) is 2.13. The van der Waals surface area contributed by atoms with E-state index in [0.717, 1.165) is 11.1 Å². The number of benzene rings is 1. The summed E-state index contributed by atoms with van der Waals surface area (Å²) in [7, 11) is 0. The molecule has 64 valence electrons. The van der Waals surface area contributed by atoms with Gasteiger partial charge in [-0.3, -0.25) is 0 Å². The third-order valence-electron chi connectivity index (χ3n) is 1.34. The number of hydrogen-bond acceptors (Lipinski definition) is 2. The zero-order valence-corrected chi connectivity index (χ0v) is 13.5. The largest absolute Gasteiger partial charge is 1.00 e. The van der Waals surface area contributed by atoms with Crippen molar-refractivity contribution < 1.29 is 62.6 Å². The van der Waals surface area contributed by atoms with Crippen molar-refractivity contribution in [2.24, 2.45) is 0 Å². The monoisotopic (exact) mass is 247 g/mol. The number of aromatic nitrogens is 1. The van der Waals surface area contributed by atoms with Crippen LogP contribution in [0.1, 0.15) is 19.7 Å². The Morgan fingerprint density at radius 1 is 1.38 bits per heavy atom. The summed E-state index contributed by atoms with van der Waals surface area (Å²) in [5.74, 6) is 0.703. The summed E-state index contributed by atoms with van der Waals surface area (Å²) in [6, 6.07) is 8.41. The Kier molecular flexibility index (Phi) is 7.14. The summed E-state index contributed by atoms with van der Waals surface area (Å²) in [6.45, 7) is 5.83. The van der Waals surface area contributed by atoms with Gasteiger partial charge in [0.25, 0.3) is 0 Å². The Hall–Kier alpha value is 0.495. The number of aryl methyl sites for hydroxylation is 1. The molecular weight excluding hydrogens is 236 g/mol. The van der Waals surface area contributed by atoms with Crippen LogP contribution in [-0.4, -0.2) is 4.98 Å².